The molecule has 0 aliphatic carbocycles. The standard InChI is InChI=1S/C24H20FN3O4/c25-16-9-7-15(8-10-16)22-19-14-27(13-11-20(19)26-32-22)21(29)6-3-12-28-23(30)17-4-1-2-5-18(17)24(28)31/h1-2,4-5,7-10H,3,6,11-14H2. The lowest BCUT2D eigenvalue weighted by atomic mass is 10.0. The van der Waals surface area contributed by atoms with Gasteiger partial charge in [-0.15, -0.1) is 0 Å². The number of rotatable bonds is 5. The molecule has 2 aliphatic rings. The summed E-state index contributed by atoms with van der Waals surface area (Å²) in [7, 11) is 0. The molecular weight excluding hydrogens is 413 g/mol. The molecule has 0 saturated carbocycles. The van der Waals surface area contributed by atoms with Crippen molar-refractivity contribution in [2.24, 2.45) is 0 Å². The second kappa shape index (κ2) is 8.03. The van der Waals surface area contributed by atoms with Gasteiger partial charge in [0.2, 0.25) is 5.91 Å². The molecule has 0 fully saturated rings. The molecule has 32 heavy (non-hydrogen) atoms. The third kappa shape index (κ3) is 3.47. The summed E-state index contributed by atoms with van der Waals surface area (Å²) in [5, 5.41) is 4.11. The van der Waals surface area contributed by atoms with Crippen molar-refractivity contribution < 1.29 is 23.3 Å². The number of aromatic nitrogens is 1. The van der Waals surface area contributed by atoms with Gasteiger partial charge in [-0.05, 0) is 42.8 Å². The molecule has 2 aromatic carbocycles. The average molecular weight is 433 g/mol. The first-order chi connectivity index (χ1) is 15.5. The first-order valence-corrected chi connectivity index (χ1v) is 10.5. The molecule has 3 heterocycles. The van der Waals surface area contributed by atoms with Crippen LogP contribution in [0.2, 0.25) is 0 Å². The van der Waals surface area contributed by atoms with Crippen molar-refractivity contribution in [2.45, 2.75) is 25.8 Å². The summed E-state index contributed by atoms with van der Waals surface area (Å²) in [4.78, 5) is 40.7. The zero-order chi connectivity index (χ0) is 22.2. The number of halogens is 1. The van der Waals surface area contributed by atoms with Crippen molar-refractivity contribution in [1.29, 1.82) is 0 Å². The maximum Gasteiger partial charge on any atom is 0.261 e. The van der Waals surface area contributed by atoms with E-state index in [-0.39, 0.29) is 36.5 Å². The highest BCUT2D eigenvalue weighted by molar-refractivity contribution is 6.21. The summed E-state index contributed by atoms with van der Waals surface area (Å²) in [5.41, 5.74) is 3.16. The fourth-order valence-electron chi connectivity index (χ4n) is 4.24. The molecule has 1 aromatic heterocycles. The maximum absolute atomic E-state index is 13.2. The minimum absolute atomic E-state index is 0.0569. The smallest absolute Gasteiger partial charge is 0.261 e. The van der Waals surface area contributed by atoms with E-state index in [0.29, 0.717) is 48.4 Å². The molecule has 3 aromatic rings. The van der Waals surface area contributed by atoms with Crippen molar-refractivity contribution >= 4 is 17.7 Å². The van der Waals surface area contributed by atoms with Crippen LogP contribution in [0, 0.1) is 5.82 Å². The fraction of sp³-hybridized carbons (Fsp3) is 0.250. The number of imide groups is 1. The summed E-state index contributed by atoms with van der Waals surface area (Å²) in [6, 6.07) is 12.7. The second-order valence-electron chi connectivity index (χ2n) is 7.92. The molecule has 0 saturated heterocycles. The van der Waals surface area contributed by atoms with Gasteiger partial charge in [0.25, 0.3) is 11.8 Å². The predicted octanol–water partition coefficient (Wildman–Crippen LogP) is 3.44. The van der Waals surface area contributed by atoms with Gasteiger partial charge in [0, 0.05) is 37.1 Å². The Balaban J connectivity index is 1.21. The number of fused-ring (bicyclic) bond motifs is 2. The van der Waals surface area contributed by atoms with Crippen LogP contribution in [0.1, 0.15) is 44.8 Å². The second-order valence-corrected chi connectivity index (χ2v) is 7.92. The summed E-state index contributed by atoms with van der Waals surface area (Å²) in [5.74, 6) is -0.470. The van der Waals surface area contributed by atoms with Gasteiger partial charge in [0.1, 0.15) is 5.82 Å². The number of nitrogens with zero attached hydrogens (tertiary/aromatic N) is 3. The number of amides is 3. The van der Waals surface area contributed by atoms with E-state index in [9.17, 15) is 18.8 Å². The van der Waals surface area contributed by atoms with Crippen LogP contribution in [0.4, 0.5) is 4.39 Å². The highest BCUT2D eigenvalue weighted by atomic mass is 19.1. The van der Waals surface area contributed by atoms with E-state index in [4.69, 9.17) is 4.52 Å². The molecule has 0 radical (unpaired) electrons. The molecule has 0 spiro atoms. The lowest BCUT2D eigenvalue weighted by Gasteiger charge is -2.26. The molecule has 0 N–H and O–H groups in total. The molecule has 0 bridgehead atoms. The van der Waals surface area contributed by atoms with Crippen molar-refractivity contribution in [3.8, 4) is 11.3 Å². The monoisotopic (exact) mass is 433 g/mol. The number of hydrogen-bond acceptors (Lipinski definition) is 5. The first-order valence-electron chi connectivity index (χ1n) is 10.5. The van der Waals surface area contributed by atoms with Crippen molar-refractivity contribution in [3.63, 3.8) is 0 Å². The minimum atomic E-state index is -0.336. The summed E-state index contributed by atoms with van der Waals surface area (Å²) in [6.45, 7) is 1.08. The molecule has 3 amide bonds. The molecule has 8 heteroatoms. The largest absolute Gasteiger partial charge is 0.356 e. The van der Waals surface area contributed by atoms with Crippen LogP contribution in [0.25, 0.3) is 11.3 Å². The van der Waals surface area contributed by atoms with E-state index in [1.54, 1.807) is 41.3 Å². The normalized spacial score (nSPS) is 15.2. The third-order valence-corrected chi connectivity index (χ3v) is 5.95. The Labute approximate surface area is 183 Å². The summed E-state index contributed by atoms with van der Waals surface area (Å²) >= 11 is 0. The Morgan fingerprint density at radius 1 is 1.03 bits per heavy atom. The predicted molar refractivity (Wildman–Crippen MR) is 112 cm³/mol. The van der Waals surface area contributed by atoms with Gasteiger partial charge in [-0.25, -0.2) is 4.39 Å². The molecule has 5 rings (SSSR count). The SMILES string of the molecule is O=C(CCCN1C(=O)c2ccccc2C1=O)N1CCc2noc(-c3ccc(F)cc3)c2C1. The summed E-state index contributed by atoms with van der Waals surface area (Å²) < 4.78 is 18.7. The molecule has 0 atom stereocenters. The average Bonchev–Trinajstić information content (AvgIpc) is 3.34. The van der Waals surface area contributed by atoms with Crippen LogP contribution in [0.5, 0.6) is 0 Å². The molecule has 162 valence electrons. The highest BCUT2D eigenvalue weighted by Crippen LogP contribution is 2.31. The van der Waals surface area contributed by atoms with E-state index < -0.39 is 0 Å². The van der Waals surface area contributed by atoms with Gasteiger partial charge in [-0.1, -0.05) is 17.3 Å². The maximum atomic E-state index is 13.2. The van der Waals surface area contributed by atoms with E-state index in [2.05, 4.69) is 5.16 Å². The summed E-state index contributed by atoms with van der Waals surface area (Å²) in [6.07, 6.45) is 1.19. The van der Waals surface area contributed by atoms with E-state index in [1.165, 1.54) is 17.0 Å². The van der Waals surface area contributed by atoms with E-state index in [0.717, 1.165) is 11.3 Å². The van der Waals surface area contributed by atoms with Crippen LogP contribution >= 0.6 is 0 Å². The van der Waals surface area contributed by atoms with Gasteiger partial charge in [0.15, 0.2) is 5.76 Å². The van der Waals surface area contributed by atoms with Crippen molar-refractivity contribution in [1.82, 2.24) is 15.0 Å². The van der Waals surface area contributed by atoms with Crippen LogP contribution in [0.15, 0.2) is 53.1 Å². The van der Waals surface area contributed by atoms with Crippen molar-refractivity contribution in [2.75, 3.05) is 13.1 Å². The Morgan fingerprint density at radius 2 is 1.72 bits per heavy atom. The van der Waals surface area contributed by atoms with Gasteiger partial charge >= 0.3 is 0 Å². The van der Waals surface area contributed by atoms with Crippen LogP contribution in [-0.4, -0.2) is 45.8 Å². The fourth-order valence-corrected chi connectivity index (χ4v) is 4.24. The number of benzene rings is 2. The third-order valence-electron chi connectivity index (χ3n) is 5.95. The Hall–Kier alpha value is -3.81. The Kier molecular flexibility index (Phi) is 5.05. The number of carbonyl (C=O) groups excluding carboxylic acids is 3. The van der Waals surface area contributed by atoms with Crippen LogP contribution in [0.3, 0.4) is 0 Å². The van der Waals surface area contributed by atoms with Crippen LogP contribution < -0.4 is 0 Å². The number of carbonyl (C=O) groups is 3. The van der Waals surface area contributed by atoms with Gasteiger partial charge in [-0.2, -0.15) is 0 Å². The first kappa shape index (κ1) is 20.1. The molecule has 7 nitrogen and oxygen atoms in total. The minimum Gasteiger partial charge on any atom is -0.356 e. The quantitative estimate of drug-likeness (QED) is 0.576. The van der Waals surface area contributed by atoms with Gasteiger partial charge in [-0.3, -0.25) is 19.3 Å². The van der Waals surface area contributed by atoms with Gasteiger partial charge in [0.05, 0.1) is 23.4 Å². The van der Waals surface area contributed by atoms with E-state index in [1.807, 2.05) is 0 Å². The van der Waals surface area contributed by atoms with E-state index >= 15 is 0 Å². The lowest BCUT2D eigenvalue weighted by Crippen LogP contribution is -2.37. The van der Waals surface area contributed by atoms with Crippen LogP contribution in [-0.2, 0) is 17.8 Å². The zero-order valence-electron chi connectivity index (χ0n) is 17.2. The molecule has 0 unspecified atom stereocenters. The topological polar surface area (TPSA) is 83.7 Å². The molecule has 2 aliphatic heterocycles. The molecular formula is C24H20FN3O4. The van der Waals surface area contributed by atoms with Crippen molar-refractivity contribution in [3.05, 3.63) is 76.7 Å². The number of hydrogen-bond donors (Lipinski definition) is 0. The lowest BCUT2D eigenvalue weighted by molar-refractivity contribution is -0.132. The highest BCUT2D eigenvalue weighted by Gasteiger charge is 2.35. The Bertz CT molecular complexity index is 1180. The van der Waals surface area contributed by atoms with Gasteiger partial charge < -0.3 is 9.42 Å². The Morgan fingerprint density at radius 3 is 2.41 bits per heavy atom. The zero-order valence-corrected chi connectivity index (χ0v) is 17.2.